The molecule has 8 heteroatoms. The van der Waals surface area contributed by atoms with Gasteiger partial charge in [0.2, 0.25) is 0 Å². The number of thiocarbonyl (C=S) groups is 1. The van der Waals surface area contributed by atoms with Crippen molar-refractivity contribution in [1.29, 1.82) is 5.26 Å². The molecule has 0 atom stereocenters. The van der Waals surface area contributed by atoms with Crippen LogP contribution in [0.4, 0.5) is 5.82 Å². The largest absolute Gasteiger partial charge is 0.357 e. The fraction of sp³-hybridized carbons (Fsp3) is 0.565. The molecule has 1 amide bonds. The Kier molecular flexibility index (Phi) is 6.54. The second-order valence-electron chi connectivity index (χ2n) is 8.44. The molecule has 0 unspecified atom stereocenters. The van der Waals surface area contributed by atoms with Crippen LogP contribution in [0.15, 0.2) is 9.70 Å². The molecule has 1 aliphatic carbocycles. The SMILES string of the molecule is CCn1c(N2CCCCC2)c(C=C2SC(=S)N(C3CCCC3)C2=O)c(C)c(C#N)c1=O. The molecule has 0 aromatic carbocycles. The van der Waals surface area contributed by atoms with Crippen LogP contribution in [-0.4, -0.2) is 38.8 Å². The maximum Gasteiger partial charge on any atom is 0.270 e. The summed E-state index contributed by atoms with van der Waals surface area (Å²) in [7, 11) is 0. The van der Waals surface area contributed by atoms with Crippen LogP contribution in [0.2, 0.25) is 0 Å². The summed E-state index contributed by atoms with van der Waals surface area (Å²) in [5, 5.41) is 9.69. The van der Waals surface area contributed by atoms with E-state index in [1.54, 1.807) is 9.47 Å². The number of hydrogen-bond donors (Lipinski definition) is 0. The molecule has 6 nitrogen and oxygen atoms in total. The summed E-state index contributed by atoms with van der Waals surface area (Å²) in [6.45, 7) is 5.96. The number of aromatic nitrogens is 1. The normalized spacial score (nSPS) is 21.4. The smallest absolute Gasteiger partial charge is 0.270 e. The first-order chi connectivity index (χ1) is 15.0. The molecule has 3 heterocycles. The van der Waals surface area contributed by atoms with Crippen LogP contribution in [0, 0.1) is 18.3 Å². The fourth-order valence-electron chi connectivity index (χ4n) is 4.97. The first-order valence-electron chi connectivity index (χ1n) is 11.2. The average molecular weight is 457 g/mol. The van der Waals surface area contributed by atoms with Gasteiger partial charge in [0.15, 0.2) is 0 Å². The molecule has 3 fully saturated rings. The van der Waals surface area contributed by atoms with E-state index >= 15 is 0 Å². The molecule has 0 radical (unpaired) electrons. The Hall–Kier alpha value is -2.11. The third-order valence-electron chi connectivity index (χ3n) is 6.61. The lowest BCUT2D eigenvalue weighted by molar-refractivity contribution is -0.123. The van der Waals surface area contributed by atoms with E-state index in [0.29, 0.717) is 21.3 Å². The monoisotopic (exact) mass is 456 g/mol. The van der Waals surface area contributed by atoms with Gasteiger partial charge < -0.3 is 4.90 Å². The maximum atomic E-state index is 13.3. The van der Waals surface area contributed by atoms with E-state index in [2.05, 4.69) is 11.0 Å². The van der Waals surface area contributed by atoms with Gasteiger partial charge in [-0.1, -0.05) is 36.8 Å². The number of piperidine rings is 1. The number of thioether (sulfide) groups is 1. The highest BCUT2D eigenvalue weighted by Gasteiger charge is 2.38. The maximum absolute atomic E-state index is 13.3. The van der Waals surface area contributed by atoms with Crippen LogP contribution in [-0.2, 0) is 11.3 Å². The number of carbonyl (C=O) groups is 1. The number of nitriles is 1. The number of hydrogen-bond acceptors (Lipinski definition) is 6. The van der Waals surface area contributed by atoms with Gasteiger partial charge in [0, 0.05) is 31.2 Å². The molecule has 4 rings (SSSR count). The Labute approximate surface area is 192 Å². The Morgan fingerprint density at radius 1 is 1.16 bits per heavy atom. The van der Waals surface area contributed by atoms with Gasteiger partial charge in [-0.15, -0.1) is 0 Å². The molecule has 0 N–H and O–H groups in total. The highest BCUT2D eigenvalue weighted by atomic mass is 32.2. The molecule has 1 aromatic rings. The molecule has 1 saturated carbocycles. The van der Waals surface area contributed by atoms with Crippen LogP contribution in [0.1, 0.15) is 68.6 Å². The minimum Gasteiger partial charge on any atom is -0.357 e. The topological polar surface area (TPSA) is 69.3 Å². The Bertz CT molecular complexity index is 1040. The molecule has 0 spiro atoms. The summed E-state index contributed by atoms with van der Waals surface area (Å²) in [4.78, 5) is 30.9. The van der Waals surface area contributed by atoms with Gasteiger partial charge in [0.05, 0.1) is 4.91 Å². The summed E-state index contributed by atoms with van der Waals surface area (Å²) in [5.41, 5.74) is 1.34. The predicted molar refractivity (Wildman–Crippen MR) is 129 cm³/mol. The van der Waals surface area contributed by atoms with Crippen molar-refractivity contribution in [3.8, 4) is 6.07 Å². The number of pyridine rings is 1. The Balaban J connectivity index is 1.85. The lowest BCUT2D eigenvalue weighted by atomic mass is 10.0. The molecule has 2 aliphatic heterocycles. The van der Waals surface area contributed by atoms with Crippen molar-refractivity contribution in [2.45, 2.75) is 71.4 Å². The lowest BCUT2D eigenvalue weighted by Gasteiger charge is -2.33. The van der Waals surface area contributed by atoms with Gasteiger partial charge >= 0.3 is 0 Å². The zero-order valence-corrected chi connectivity index (χ0v) is 19.8. The van der Waals surface area contributed by atoms with Gasteiger partial charge in [-0.25, -0.2) is 0 Å². The average Bonchev–Trinajstić information content (AvgIpc) is 3.38. The zero-order valence-electron chi connectivity index (χ0n) is 18.1. The van der Waals surface area contributed by atoms with E-state index in [0.717, 1.165) is 63.0 Å². The van der Waals surface area contributed by atoms with Crippen molar-refractivity contribution in [3.63, 3.8) is 0 Å². The van der Waals surface area contributed by atoms with Crippen molar-refractivity contribution in [3.05, 3.63) is 31.9 Å². The Morgan fingerprint density at radius 3 is 2.45 bits per heavy atom. The van der Waals surface area contributed by atoms with E-state index in [1.165, 1.54) is 18.2 Å². The predicted octanol–water partition coefficient (Wildman–Crippen LogP) is 4.18. The molecule has 0 bridgehead atoms. The van der Waals surface area contributed by atoms with Gasteiger partial charge in [-0.3, -0.25) is 19.1 Å². The fourth-order valence-corrected chi connectivity index (χ4v) is 6.35. The number of nitrogens with zero attached hydrogens (tertiary/aromatic N) is 4. The van der Waals surface area contributed by atoms with Gasteiger partial charge in [-0.2, -0.15) is 5.26 Å². The number of carbonyl (C=O) groups excluding carboxylic acids is 1. The summed E-state index contributed by atoms with van der Waals surface area (Å²) in [5.74, 6) is 0.786. The van der Waals surface area contributed by atoms with Crippen LogP contribution in [0.25, 0.3) is 6.08 Å². The van der Waals surface area contributed by atoms with Gasteiger partial charge in [0.1, 0.15) is 21.8 Å². The van der Waals surface area contributed by atoms with Crippen molar-refractivity contribution < 1.29 is 4.79 Å². The van der Waals surface area contributed by atoms with E-state index < -0.39 is 0 Å². The van der Waals surface area contributed by atoms with Gasteiger partial charge in [-0.05, 0) is 57.6 Å². The number of anilines is 1. The highest BCUT2D eigenvalue weighted by Crippen LogP contribution is 2.39. The molecule has 164 valence electrons. The van der Waals surface area contributed by atoms with E-state index in [9.17, 15) is 14.9 Å². The number of amides is 1. The standard InChI is InChI=1S/C23H28N4O2S2/c1-3-26-20(25-11-7-4-8-12-25)17(15(2)18(14-24)21(26)28)13-19-22(29)27(23(30)31-19)16-9-5-6-10-16/h13,16H,3-12H2,1-2H3. The first-order valence-corrected chi connectivity index (χ1v) is 12.4. The summed E-state index contributed by atoms with van der Waals surface area (Å²) >= 11 is 6.90. The van der Waals surface area contributed by atoms with Crippen molar-refractivity contribution in [1.82, 2.24) is 9.47 Å². The van der Waals surface area contributed by atoms with Crippen LogP contribution in [0.3, 0.4) is 0 Å². The van der Waals surface area contributed by atoms with E-state index in [-0.39, 0.29) is 23.1 Å². The van der Waals surface area contributed by atoms with E-state index in [4.69, 9.17) is 12.2 Å². The summed E-state index contributed by atoms with van der Waals surface area (Å²) < 4.78 is 2.31. The minimum atomic E-state index is -0.251. The molecular formula is C23H28N4O2S2. The van der Waals surface area contributed by atoms with Crippen molar-refractivity contribution in [2.24, 2.45) is 0 Å². The van der Waals surface area contributed by atoms with Crippen molar-refractivity contribution in [2.75, 3.05) is 18.0 Å². The third kappa shape index (κ3) is 3.94. The molecule has 31 heavy (non-hydrogen) atoms. The molecular weight excluding hydrogens is 428 g/mol. The minimum absolute atomic E-state index is 0.0429. The Morgan fingerprint density at radius 2 is 1.84 bits per heavy atom. The molecule has 3 aliphatic rings. The second kappa shape index (κ2) is 9.17. The van der Waals surface area contributed by atoms with E-state index in [1.807, 2.05) is 19.9 Å². The lowest BCUT2D eigenvalue weighted by Crippen LogP contribution is -2.37. The quantitative estimate of drug-likeness (QED) is 0.500. The molecule has 2 saturated heterocycles. The zero-order chi connectivity index (χ0) is 22.1. The van der Waals surface area contributed by atoms with Gasteiger partial charge in [0.25, 0.3) is 11.5 Å². The highest BCUT2D eigenvalue weighted by molar-refractivity contribution is 8.26. The number of rotatable bonds is 4. The molecule has 1 aromatic heterocycles. The second-order valence-corrected chi connectivity index (χ2v) is 10.1. The first kappa shape index (κ1) is 22.1. The summed E-state index contributed by atoms with van der Waals surface area (Å²) in [6.07, 6.45) is 9.45. The summed E-state index contributed by atoms with van der Waals surface area (Å²) in [6, 6.07) is 2.29. The van der Waals surface area contributed by atoms with Crippen LogP contribution < -0.4 is 10.5 Å². The van der Waals surface area contributed by atoms with Crippen molar-refractivity contribution >= 4 is 46.1 Å². The van der Waals surface area contributed by atoms with Crippen LogP contribution >= 0.6 is 24.0 Å². The third-order valence-corrected chi connectivity index (χ3v) is 7.94. The van der Waals surface area contributed by atoms with Crippen LogP contribution in [0.5, 0.6) is 0 Å².